The van der Waals surface area contributed by atoms with E-state index in [-0.39, 0.29) is 35.6 Å². The van der Waals surface area contributed by atoms with Gasteiger partial charge in [-0.25, -0.2) is 14.0 Å². The summed E-state index contributed by atoms with van der Waals surface area (Å²) in [4.78, 5) is 40.4. The number of amides is 2. The zero-order valence-corrected chi connectivity index (χ0v) is 23.8. The van der Waals surface area contributed by atoms with Crippen molar-refractivity contribution < 1.29 is 28.6 Å². The quantitative estimate of drug-likeness (QED) is 0.392. The minimum Gasteiger partial charge on any atom is -0.478 e. The van der Waals surface area contributed by atoms with E-state index >= 15 is 0 Å². The first-order valence-corrected chi connectivity index (χ1v) is 13.6. The van der Waals surface area contributed by atoms with Crippen LogP contribution in [0.5, 0.6) is 0 Å². The number of carboxylic acid groups (broad SMARTS) is 1. The standard InChI is InChI=1S/C32H36FN3O5/c1-21-19-35(13-14-36(21)31(40)41-32(2,3)4)20-23-7-5-8-24(15-23)27-16-22(11-12-28(27)33)18-34-29(37)25-9-6-10-26(17-25)30(38)39/h5-12,15-17,21H,13-14,18-20H2,1-4H3,(H,34,37)(H,38,39). The van der Waals surface area contributed by atoms with Gasteiger partial charge >= 0.3 is 12.1 Å². The molecule has 0 aromatic heterocycles. The van der Waals surface area contributed by atoms with Crippen LogP contribution in [0, 0.1) is 5.82 Å². The van der Waals surface area contributed by atoms with Crippen molar-refractivity contribution >= 4 is 18.0 Å². The van der Waals surface area contributed by atoms with Gasteiger partial charge in [-0.05, 0) is 80.8 Å². The van der Waals surface area contributed by atoms with Crippen LogP contribution in [0.2, 0.25) is 0 Å². The lowest BCUT2D eigenvalue weighted by atomic mass is 10.00. The molecule has 3 aromatic carbocycles. The van der Waals surface area contributed by atoms with Gasteiger partial charge in [0, 0.05) is 49.9 Å². The summed E-state index contributed by atoms with van der Waals surface area (Å²) in [5.74, 6) is -1.89. The molecule has 8 nitrogen and oxygen atoms in total. The first kappa shape index (κ1) is 29.7. The molecule has 0 spiro atoms. The molecule has 1 fully saturated rings. The number of halogens is 1. The van der Waals surface area contributed by atoms with Gasteiger partial charge in [0.1, 0.15) is 11.4 Å². The highest BCUT2D eigenvalue weighted by Gasteiger charge is 2.30. The van der Waals surface area contributed by atoms with Crippen LogP contribution in [0.3, 0.4) is 0 Å². The fourth-order valence-corrected chi connectivity index (χ4v) is 4.85. The van der Waals surface area contributed by atoms with Crippen LogP contribution in [-0.4, -0.2) is 64.2 Å². The van der Waals surface area contributed by atoms with E-state index in [4.69, 9.17) is 9.84 Å². The van der Waals surface area contributed by atoms with Crippen LogP contribution in [0.4, 0.5) is 9.18 Å². The second kappa shape index (κ2) is 12.5. The number of aromatic carboxylic acids is 1. The van der Waals surface area contributed by atoms with Crippen LogP contribution in [0.1, 0.15) is 59.5 Å². The number of hydrogen-bond donors (Lipinski definition) is 2. The SMILES string of the molecule is CC1CN(Cc2cccc(-c3cc(CNC(=O)c4cccc(C(=O)O)c4)ccc3F)c2)CCN1C(=O)OC(C)(C)C. The lowest BCUT2D eigenvalue weighted by Crippen LogP contribution is -2.54. The molecule has 1 aliphatic heterocycles. The van der Waals surface area contributed by atoms with Gasteiger partial charge in [0.05, 0.1) is 5.56 Å². The first-order valence-electron chi connectivity index (χ1n) is 13.6. The van der Waals surface area contributed by atoms with Crippen molar-refractivity contribution in [2.24, 2.45) is 0 Å². The normalized spacial score (nSPS) is 15.8. The molecule has 9 heteroatoms. The van der Waals surface area contributed by atoms with Crippen LogP contribution >= 0.6 is 0 Å². The van der Waals surface area contributed by atoms with Crippen LogP contribution < -0.4 is 5.32 Å². The second-order valence-electron chi connectivity index (χ2n) is 11.3. The van der Waals surface area contributed by atoms with Gasteiger partial charge in [0.15, 0.2) is 0 Å². The molecule has 41 heavy (non-hydrogen) atoms. The number of piperazine rings is 1. The summed E-state index contributed by atoms with van der Waals surface area (Å²) in [5.41, 5.74) is 2.61. The molecule has 0 saturated carbocycles. The highest BCUT2D eigenvalue weighted by molar-refractivity contribution is 5.97. The summed E-state index contributed by atoms with van der Waals surface area (Å²) < 4.78 is 20.5. The highest BCUT2D eigenvalue weighted by Crippen LogP contribution is 2.26. The Labute approximate surface area is 239 Å². The van der Waals surface area contributed by atoms with Gasteiger partial charge in [-0.3, -0.25) is 9.69 Å². The lowest BCUT2D eigenvalue weighted by Gasteiger charge is -2.40. The third kappa shape index (κ3) is 7.91. The Bertz CT molecular complexity index is 1430. The molecule has 216 valence electrons. The van der Waals surface area contributed by atoms with E-state index in [1.807, 2.05) is 52.0 Å². The van der Waals surface area contributed by atoms with Crippen molar-refractivity contribution in [3.05, 3.63) is 94.8 Å². The number of nitrogens with zero attached hydrogens (tertiary/aromatic N) is 2. The van der Waals surface area contributed by atoms with Crippen molar-refractivity contribution in [1.29, 1.82) is 0 Å². The molecular weight excluding hydrogens is 525 g/mol. The van der Waals surface area contributed by atoms with Crippen molar-refractivity contribution in [3.8, 4) is 11.1 Å². The summed E-state index contributed by atoms with van der Waals surface area (Å²) >= 11 is 0. The average Bonchev–Trinajstić information content (AvgIpc) is 2.91. The van der Waals surface area contributed by atoms with Crippen molar-refractivity contribution in [2.75, 3.05) is 19.6 Å². The molecule has 1 aliphatic rings. The van der Waals surface area contributed by atoms with Crippen molar-refractivity contribution in [3.63, 3.8) is 0 Å². The van der Waals surface area contributed by atoms with E-state index in [2.05, 4.69) is 10.2 Å². The molecule has 3 aromatic rings. The Morgan fingerprint density at radius 1 is 0.976 bits per heavy atom. The molecule has 1 atom stereocenters. The minimum absolute atomic E-state index is 0.00211. The first-order chi connectivity index (χ1) is 19.4. The minimum atomic E-state index is -1.11. The molecule has 0 aliphatic carbocycles. The number of rotatable bonds is 7. The van der Waals surface area contributed by atoms with E-state index in [9.17, 15) is 18.8 Å². The van der Waals surface area contributed by atoms with Gasteiger partial charge in [-0.15, -0.1) is 0 Å². The zero-order valence-electron chi connectivity index (χ0n) is 23.8. The maximum atomic E-state index is 14.9. The number of ether oxygens (including phenoxy) is 1. The molecule has 1 unspecified atom stereocenters. The molecule has 0 bridgehead atoms. The molecule has 1 saturated heterocycles. The summed E-state index contributed by atoms with van der Waals surface area (Å²) in [7, 11) is 0. The van der Waals surface area contributed by atoms with E-state index in [1.165, 1.54) is 24.3 Å². The van der Waals surface area contributed by atoms with Crippen LogP contribution in [0.15, 0.2) is 66.7 Å². The van der Waals surface area contributed by atoms with Gasteiger partial charge in [-0.1, -0.05) is 30.3 Å². The van der Waals surface area contributed by atoms with Crippen molar-refractivity contribution in [1.82, 2.24) is 15.1 Å². The van der Waals surface area contributed by atoms with Gasteiger partial charge in [-0.2, -0.15) is 0 Å². The van der Waals surface area contributed by atoms with E-state index in [0.29, 0.717) is 37.3 Å². The molecule has 1 heterocycles. The van der Waals surface area contributed by atoms with Crippen molar-refractivity contribution in [2.45, 2.75) is 52.4 Å². The molecule has 0 radical (unpaired) electrons. The zero-order chi connectivity index (χ0) is 29.7. The summed E-state index contributed by atoms with van der Waals surface area (Å²) in [6.07, 6.45) is -0.299. The molecule has 2 amide bonds. The van der Waals surface area contributed by atoms with Gasteiger partial charge in [0.2, 0.25) is 0 Å². The predicted molar refractivity (Wildman–Crippen MR) is 154 cm³/mol. The number of carboxylic acids is 1. The Morgan fingerprint density at radius 3 is 2.41 bits per heavy atom. The number of carbonyl (C=O) groups excluding carboxylic acids is 2. The van der Waals surface area contributed by atoms with E-state index in [1.54, 1.807) is 23.1 Å². The Kier molecular flexibility index (Phi) is 9.08. The Morgan fingerprint density at radius 2 is 1.71 bits per heavy atom. The number of benzene rings is 3. The van der Waals surface area contributed by atoms with Crippen LogP contribution in [-0.2, 0) is 17.8 Å². The smallest absolute Gasteiger partial charge is 0.410 e. The summed E-state index contributed by atoms with van der Waals surface area (Å²) in [5, 5.41) is 11.9. The molecule has 2 N–H and O–H groups in total. The Balaban J connectivity index is 1.40. The molecule has 4 rings (SSSR count). The molecular formula is C32H36FN3O5. The fraction of sp³-hybridized carbons (Fsp3) is 0.344. The predicted octanol–water partition coefficient (Wildman–Crippen LogP) is 5.56. The third-order valence-electron chi connectivity index (χ3n) is 6.84. The monoisotopic (exact) mass is 561 g/mol. The maximum absolute atomic E-state index is 14.9. The summed E-state index contributed by atoms with van der Waals surface area (Å²) in [6, 6.07) is 18.2. The average molecular weight is 562 g/mol. The topological polar surface area (TPSA) is 99.2 Å². The Hall–Kier alpha value is -4.24. The van der Waals surface area contributed by atoms with Crippen LogP contribution in [0.25, 0.3) is 11.1 Å². The van der Waals surface area contributed by atoms with Gasteiger partial charge < -0.3 is 20.1 Å². The number of hydrogen-bond acceptors (Lipinski definition) is 5. The maximum Gasteiger partial charge on any atom is 0.410 e. The largest absolute Gasteiger partial charge is 0.478 e. The van der Waals surface area contributed by atoms with Gasteiger partial charge in [0.25, 0.3) is 5.91 Å². The van der Waals surface area contributed by atoms with E-state index < -0.39 is 17.5 Å². The summed E-state index contributed by atoms with van der Waals surface area (Å²) in [6.45, 7) is 10.4. The highest BCUT2D eigenvalue weighted by atomic mass is 19.1. The second-order valence-corrected chi connectivity index (χ2v) is 11.3. The number of carbonyl (C=O) groups is 3. The van der Waals surface area contributed by atoms with E-state index in [0.717, 1.165) is 11.1 Å². The third-order valence-corrected chi connectivity index (χ3v) is 6.84. The number of nitrogens with one attached hydrogen (secondary N) is 1. The fourth-order valence-electron chi connectivity index (χ4n) is 4.85. The lowest BCUT2D eigenvalue weighted by molar-refractivity contribution is 0.000538.